The zero-order valence-electron chi connectivity index (χ0n) is 8.64. The molecule has 1 aromatic heterocycles. The Labute approximate surface area is 93.3 Å². The number of hydrogen-bond donors (Lipinski definition) is 2. The van der Waals surface area contributed by atoms with Crippen molar-refractivity contribution in [1.29, 1.82) is 0 Å². The normalized spacial score (nSPS) is 11.6. The molecule has 0 radical (unpaired) electrons. The SMILES string of the molecule is CS(=O)(=O)Nc1c(N)cnc2ccccc12. The molecule has 0 fully saturated rings. The van der Waals surface area contributed by atoms with E-state index in [0.29, 0.717) is 22.3 Å². The second-order valence-electron chi connectivity index (χ2n) is 3.48. The van der Waals surface area contributed by atoms with Gasteiger partial charge in [-0.05, 0) is 6.07 Å². The number of fused-ring (bicyclic) bond motifs is 1. The monoisotopic (exact) mass is 237 g/mol. The van der Waals surface area contributed by atoms with E-state index < -0.39 is 10.0 Å². The Morgan fingerprint density at radius 1 is 1.31 bits per heavy atom. The fourth-order valence-electron chi connectivity index (χ4n) is 1.46. The van der Waals surface area contributed by atoms with Crippen molar-refractivity contribution >= 4 is 32.3 Å². The highest BCUT2D eigenvalue weighted by Crippen LogP contribution is 2.27. The molecule has 1 aromatic carbocycles. The molecule has 2 rings (SSSR count). The predicted molar refractivity (Wildman–Crippen MR) is 64.6 cm³/mol. The largest absolute Gasteiger partial charge is 0.396 e. The molecule has 0 saturated carbocycles. The van der Waals surface area contributed by atoms with E-state index in [1.54, 1.807) is 18.2 Å². The number of benzene rings is 1. The third-order valence-corrected chi connectivity index (χ3v) is 2.67. The summed E-state index contributed by atoms with van der Waals surface area (Å²) in [6, 6.07) is 7.20. The summed E-state index contributed by atoms with van der Waals surface area (Å²) in [6.45, 7) is 0. The van der Waals surface area contributed by atoms with E-state index in [1.165, 1.54) is 6.20 Å². The number of nitrogen functional groups attached to an aromatic ring is 1. The molecule has 0 saturated heterocycles. The highest BCUT2D eigenvalue weighted by Gasteiger charge is 2.10. The van der Waals surface area contributed by atoms with Crippen molar-refractivity contribution in [3.63, 3.8) is 0 Å². The van der Waals surface area contributed by atoms with Crippen LogP contribution < -0.4 is 10.5 Å². The van der Waals surface area contributed by atoms with E-state index in [-0.39, 0.29) is 0 Å². The van der Waals surface area contributed by atoms with Crippen LogP contribution in [0, 0.1) is 0 Å². The second-order valence-corrected chi connectivity index (χ2v) is 5.23. The van der Waals surface area contributed by atoms with E-state index in [1.807, 2.05) is 6.07 Å². The van der Waals surface area contributed by atoms with Gasteiger partial charge in [-0.15, -0.1) is 0 Å². The minimum absolute atomic E-state index is 0.309. The first-order valence-electron chi connectivity index (χ1n) is 4.58. The Balaban J connectivity index is 2.71. The first-order valence-corrected chi connectivity index (χ1v) is 6.47. The predicted octanol–water partition coefficient (Wildman–Crippen LogP) is 1.19. The number of nitrogens with zero attached hydrogens (tertiary/aromatic N) is 1. The fourth-order valence-corrected chi connectivity index (χ4v) is 2.05. The highest BCUT2D eigenvalue weighted by atomic mass is 32.2. The van der Waals surface area contributed by atoms with Crippen molar-refractivity contribution in [2.24, 2.45) is 0 Å². The molecule has 2 aromatic rings. The first kappa shape index (κ1) is 10.7. The van der Waals surface area contributed by atoms with Gasteiger partial charge in [0.2, 0.25) is 10.0 Å². The van der Waals surface area contributed by atoms with Gasteiger partial charge in [0, 0.05) is 5.39 Å². The molecule has 6 heteroatoms. The van der Waals surface area contributed by atoms with Crippen molar-refractivity contribution in [2.75, 3.05) is 16.7 Å². The summed E-state index contributed by atoms with van der Waals surface area (Å²) in [6.07, 6.45) is 2.53. The lowest BCUT2D eigenvalue weighted by molar-refractivity contribution is 0.607. The molecule has 0 spiro atoms. The maximum absolute atomic E-state index is 11.2. The minimum atomic E-state index is -3.35. The van der Waals surface area contributed by atoms with Crippen molar-refractivity contribution in [1.82, 2.24) is 4.98 Å². The third-order valence-electron chi connectivity index (χ3n) is 2.09. The number of para-hydroxylation sites is 1. The lowest BCUT2D eigenvalue weighted by Gasteiger charge is -2.10. The summed E-state index contributed by atoms with van der Waals surface area (Å²) in [7, 11) is -3.35. The molecule has 0 unspecified atom stereocenters. The number of nitrogens with two attached hydrogens (primary N) is 1. The van der Waals surface area contributed by atoms with E-state index in [2.05, 4.69) is 9.71 Å². The molecular weight excluding hydrogens is 226 g/mol. The zero-order chi connectivity index (χ0) is 11.8. The number of nitrogens with one attached hydrogen (secondary N) is 1. The lowest BCUT2D eigenvalue weighted by Crippen LogP contribution is -2.11. The molecule has 3 N–H and O–H groups in total. The van der Waals surface area contributed by atoms with Gasteiger partial charge in [0.25, 0.3) is 0 Å². The molecule has 5 nitrogen and oxygen atoms in total. The van der Waals surface area contributed by atoms with Gasteiger partial charge in [-0.1, -0.05) is 18.2 Å². The molecule has 16 heavy (non-hydrogen) atoms. The molecule has 0 bridgehead atoms. The van der Waals surface area contributed by atoms with Crippen molar-refractivity contribution in [2.45, 2.75) is 0 Å². The Bertz CT molecular complexity index is 638. The van der Waals surface area contributed by atoms with Crippen LogP contribution in [0.2, 0.25) is 0 Å². The average Bonchev–Trinajstić information content (AvgIpc) is 2.21. The topological polar surface area (TPSA) is 85.1 Å². The van der Waals surface area contributed by atoms with Gasteiger partial charge < -0.3 is 5.73 Å². The number of pyridine rings is 1. The fraction of sp³-hybridized carbons (Fsp3) is 0.100. The number of rotatable bonds is 2. The van der Waals surface area contributed by atoms with E-state index in [0.717, 1.165) is 6.26 Å². The first-order chi connectivity index (χ1) is 7.47. The summed E-state index contributed by atoms with van der Waals surface area (Å²) in [5.41, 5.74) is 7.09. The van der Waals surface area contributed by atoms with Gasteiger partial charge in [-0.3, -0.25) is 9.71 Å². The quantitative estimate of drug-likeness (QED) is 0.821. The Morgan fingerprint density at radius 2 is 2.00 bits per heavy atom. The maximum atomic E-state index is 11.2. The third kappa shape index (κ3) is 2.06. The Hall–Kier alpha value is -1.82. The standard InChI is InChI=1S/C10H11N3O2S/c1-16(14,15)13-10-7-4-2-3-5-9(7)12-6-8(10)11/h2-6H,11H2,1H3,(H,12,13). The molecule has 0 amide bonds. The molecular formula is C10H11N3O2S. The summed E-state index contributed by atoms with van der Waals surface area (Å²) in [4.78, 5) is 4.11. The average molecular weight is 237 g/mol. The van der Waals surface area contributed by atoms with Gasteiger partial charge in [-0.2, -0.15) is 0 Å². The molecule has 0 aliphatic rings. The van der Waals surface area contributed by atoms with E-state index >= 15 is 0 Å². The lowest BCUT2D eigenvalue weighted by atomic mass is 10.2. The zero-order valence-corrected chi connectivity index (χ0v) is 9.45. The smallest absolute Gasteiger partial charge is 0.229 e. The van der Waals surface area contributed by atoms with Crippen LogP contribution in [0.25, 0.3) is 10.9 Å². The molecule has 1 heterocycles. The summed E-state index contributed by atoms with van der Waals surface area (Å²) >= 11 is 0. The molecule has 84 valence electrons. The van der Waals surface area contributed by atoms with E-state index in [9.17, 15) is 8.42 Å². The highest BCUT2D eigenvalue weighted by molar-refractivity contribution is 7.92. The number of aromatic nitrogens is 1. The minimum Gasteiger partial charge on any atom is -0.396 e. The van der Waals surface area contributed by atoms with Gasteiger partial charge in [0.05, 0.1) is 29.3 Å². The van der Waals surface area contributed by atoms with Crippen LogP contribution in [0.1, 0.15) is 0 Å². The summed E-state index contributed by atoms with van der Waals surface area (Å²) in [5.74, 6) is 0. The van der Waals surface area contributed by atoms with Gasteiger partial charge in [0.15, 0.2) is 0 Å². The van der Waals surface area contributed by atoms with Gasteiger partial charge >= 0.3 is 0 Å². The molecule has 0 aliphatic heterocycles. The van der Waals surface area contributed by atoms with Crippen molar-refractivity contribution in [3.8, 4) is 0 Å². The Morgan fingerprint density at radius 3 is 2.69 bits per heavy atom. The Kier molecular flexibility index (Phi) is 2.43. The molecule has 0 aliphatic carbocycles. The number of anilines is 2. The van der Waals surface area contributed by atoms with Crippen molar-refractivity contribution < 1.29 is 8.42 Å². The van der Waals surface area contributed by atoms with Crippen LogP contribution in [-0.2, 0) is 10.0 Å². The summed E-state index contributed by atoms with van der Waals surface area (Å²) < 4.78 is 24.8. The second kappa shape index (κ2) is 3.64. The van der Waals surface area contributed by atoms with Gasteiger partial charge in [-0.25, -0.2) is 8.42 Å². The number of hydrogen-bond acceptors (Lipinski definition) is 4. The van der Waals surface area contributed by atoms with E-state index in [4.69, 9.17) is 5.73 Å². The van der Waals surface area contributed by atoms with Crippen LogP contribution >= 0.6 is 0 Å². The van der Waals surface area contributed by atoms with Crippen molar-refractivity contribution in [3.05, 3.63) is 30.5 Å². The van der Waals surface area contributed by atoms with Crippen LogP contribution in [0.4, 0.5) is 11.4 Å². The summed E-state index contributed by atoms with van der Waals surface area (Å²) in [5, 5.41) is 0.688. The number of sulfonamides is 1. The van der Waals surface area contributed by atoms with Crippen LogP contribution in [0.3, 0.4) is 0 Å². The van der Waals surface area contributed by atoms with Crippen LogP contribution in [0.15, 0.2) is 30.5 Å². The van der Waals surface area contributed by atoms with Gasteiger partial charge in [0.1, 0.15) is 0 Å². The van der Waals surface area contributed by atoms with Crippen LogP contribution in [-0.4, -0.2) is 19.7 Å². The maximum Gasteiger partial charge on any atom is 0.229 e. The molecule has 0 atom stereocenters. The van der Waals surface area contributed by atoms with Crippen LogP contribution in [0.5, 0.6) is 0 Å².